The summed E-state index contributed by atoms with van der Waals surface area (Å²) in [5.74, 6) is -0.337. The Labute approximate surface area is 227 Å². The molecule has 40 heavy (non-hydrogen) atoms. The molecule has 4 fully saturated rings. The van der Waals surface area contributed by atoms with E-state index in [2.05, 4.69) is 5.32 Å². The first-order valence-corrected chi connectivity index (χ1v) is 12.8. The highest BCUT2D eigenvalue weighted by Crippen LogP contribution is 2.68. The van der Waals surface area contributed by atoms with E-state index >= 15 is 0 Å². The molecule has 4 saturated carbocycles. The number of nitro groups is 4. The predicted octanol–water partition coefficient (Wildman–Crippen LogP) is 4.98. The lowest BCUT2D eigenvalue weighted by molar-refractivity contribution is -0.395. The molecule has 4 aliphatic carbocycles. The normalized spacial score (nSPS) is 28.2. The lowest BCUT2D eigenvalue weighted by Crippen LogP contribution is -2.68. The minimum atomic E-state index is -0.848. The first kappa shape index (κ1) is 27.1. The molecule has 0 aliphatic heterocycles. The Morgan fingerprint density at radius 2 is 1.05 bits per heavy atom. The SMILES string of the molecule is CC(=O)NC12CC3CC(c4cc([N+](=O)[O-])c(C)c([N+](=O)[O-])c4)(C1)CC(c1cc([N+](=O)[O-])c(C)c([N+](=O)[O-])c1)(C3)C2. The van der Waals surface area contributed by atoms with Gasteiger partial charge < -0.3 is 5.32 Å². The van der Waals surface area contributed by atoms with Gasteiger partial charge in [0.05, 0.1) is 19.7 Å². The van der Waals surface area contributed by atoms with Crippen molar-refractivity contribution in [3.05, 3.63) is 87.0 Å². The second kappa shape index (κ2) is 8.76. The Hall–Kier alpha value is -4.49. The zero-order valence-electron chi connectivity index (χ0n) is 22.1. The van der Waals surface area contributed by atoms with Gasteiger partial charge in [-0.1, -0.05) is 0 Å². The Balaban J connectivity index is 1.77. The molecule has 14 nitrogen and oxygen atoms in total. The fourth-order valence-corrected chi connectivity index (χ4v) is 8.33. The first-order valence-electron chi connectivity index (χ1n) is 12.8. The average molecular weight is 554 g/mol. The molecule has 14 heteroatoms. The number of nitrogens with one attached hydrogen (secondary N) is 1. The maximum Gasteiger partial charge on any atom is 0.279 e. The summed E-state index contributed by atoms with van der Waals surface area (Å²) in [5, 5.41) is 50.7. The van der Waals surface area contributed by atoms with Crippen LogP contribution in [0.2, 0.25) is 0 Å². The molecule has 0 radical (unpaired) electrons. The zero-order valence-corrected chi connectivity index (χ0v) is 22.1. The molecule has 6 rings (SSSR count). The van der Waals surface area contributed by atoms with Crippen molar-refractivity contribution in [3.63, 3.8) is 0 Å². The van der Waals surface area contributed by atoms with E-state index in [0.717, 1.165) is 0 Å². The number of carbonyl (C=O) groups is 1. The summed E-state index contributed by atoms with van der Waals surface area (Å²) in [5.41, 5.74) is -3.37. The van der Waals surface area contributed by atoms with Gasteiger partial charge in [-0.05, 0) is 80.2 Å². The van der Waals surface area contributed by atoms with Gasteiger partial charge in [-0.15, -0.1) is 0 Å². The van der Waals surface area contributed by atoms with E-state index in [0.29, 0.717) is 49.7 Å². The monoisotopic (exact) mass is 553 g/mol. The van der Waals surface area contributed by atoms with E-state index in [1.807, 2.05) is 0 Å². The molecule has 4 bridgehead atoms. The van der Waals surface area contributed by atoms with E-state index in [1.165, 1.54) is 45.0 Å². The molecule has 2 unspecified atom stereocenters. The highest BCUT2D eigenvalue weighted by atomic mass is 16.6. The number of nitrogens with zero attached hydrogens (tertiary/aromatic N) is 4. The van der Waals surface area contributed by atoms with Crippen LogP contribution in [-0.2, 0) is 15.6 Å². The molecule has 1 amide bonds. The molecule has 0 saturated heterocycles. The van der Waals surface area contributed by atoms with Crippen LogP contribution >= 0.6 is 0 Å². The first-order chi connectivity index (χ1) is 18.6. The second-order valence-electron chi connectivity index (χ2n) is 11.8. The molecule has 210 valence electrons. The summed E-state index contributed by atoms with van der Waals surface area (Å²) < 4.78 is 0. The number of benzene rings is 2. The van der Waals surface area contributed by atoms with Gasteiger partial charge in [0.15, 0.2) is 0 Å². The van der Waals surface area contributed by atoms with Gasteiger partial charge in [0.2, 0.25) is 5.91 Å². The van der Waals surface area contributed by atoms with Crippen molar-refractivity contribution in [1.29, 1.82) is 0 Å². The number of hydrogen-bond acceptors (Lipinski definition) is 9. The van der Waals surface area contributed by atoms with E-state index in [1.54, 1.807) is 0 Å². The van der Waals surface area contributed by atoms with Crippen LogP contribution in [0.25, 0.3) is 0 Å². The lowest BCUT2D eigenvalue weighted by Gasteiger charge is -2.67. The van der Waals surface area contributed by atoms with Gasteiger partial charge in [0.25, 0.3) is 22.7 Å². The maximum absolute atomic E-state index is 12.4. The summed E-state index contributed by atoms with van der Waals surface area (Å²) in [6.45, 7) is 4.02. The van der Waals surface area contributed by atoms with Crippen molar-refractivity contribution >= 4 is 28.7 Å². The minimum Gasteiger partial charge on any atom is -0.351 e. The van der Waals surface area contributed by atoms with E-state index in [4.69, 9.17) is 0 Å². The fraction of sp³-hybridized carbons (Fsp3) is 0.500. The number of carbonyl (C=O) groups excluding carboxylic acids is 1. The molecule has 1 N–H and O–H groups in total. The Bertz CT molecular complexity index is 1370. The van der Waals surface area contributed by atoms with Crippen LogP contribution in [0.3, 0.4) is 0 Å². The Morgan fingerprint density at radius 1 is 0.700 bits per heavy atom. The maximum atomic E-state index is 12.4. The molecule has 0 aromatic heterocycles. The lowest BCUT2D eigenvalue weighted by atomic mass is 9.39. The third-order valence-electron chi connectivity index (χ3n) is 9.23. The predicted molar refractivity (Wildman–Crippen MR) is 140 cm³/mol. The van der Waals surface area contributed by atoms with Gasteiger partial charge in [-0.25, -0.2) is 0 Å². The van der Waals surface area contributed by atoms with Crippen molar-refractivity contribution in [1.82, 2.24) is 5.32 Å². The van der Waals surface area contributed by atoms with Gasteiger partial charge in [0.1, 0.15) is 11.1 Å². The third-order valence-corrected chi connectivity index (χ3v) is 9.23. The fourth-order valence-electron chi connectivity index (χ4n) is 8.33. The van der Waals surface area contributed by atoms with E-state index in [-0.39, 0.29) is 45.7 Å². The number of hydrogen-bond donors (Lipinski definition) is 1. The number of nitro benzene ring substituents is 4. The van der Waals surface area contributed by atoms with Crippen molar-refractivity contribution in [3.8, 4) is 0 Å². The standard InChI is InChI=1S/C26H27N5O9/c1-14-20(28(33)34)4-18(5-21(14)29(35)36)24-8-17-9-25(11-24,13-26(10-17,12-24)27-16(3)32)19-6-22(30(37)38)15(2)23(7-19)31(39)40/h4-7,17H,8-13H2,1-3H3,(H,27,32). The van der Waals surface area contributed by atoms with Crippen LogP contribution in [0, 0.1) is 60.2 Å². The molecule has 2 aromatic rings. The summed E-state index contributed by atoms with van der Waals surface area (Å²) in [7, 11) is 0. The molecule has 2 aromatic carbocycles. The molecule has 0 spiro atoms. The van der Waals surface area contributed by atoms with Crippen LogP contribution in [0.1, 0.15) is 67.7 Å². The zero-order chi connectivity index (χ0) is 29.4. The van der Waals surface area contributed by atoms with Crippen molar-refractivity contribution in [2.24, 2.45) is 5.92 Å². The van der Waals surface area contributed by atoms with E-state index in [9.17, 15) is 45.3 Å². The minimum absolute atomic E-state index is 0.0399. The third kappa shape index (κ3) is 4.05. The van der Waals surface area contributed by atoms with Gasteiger partial charge in [-0.2, -0.15) is 0 Å². The molecule has 4 aliphatic rings. The topological polar surface area (TPSA) is 202 Å². The summed E-state index contributed by atoms with van der Waals surface area (Å²) in [6, 6.07) is 5.46. The molecular formula is C26H27N5O9. The van der Waals surface area contributed by atoms with Crippen molar-refractivity contribution < 1.29 is 24.5 Å². The average Bonchev–Trinajstić information content (AvgIpc) is 2.81. The number of rotatable bonds is 7. The molecule has 0 heterocycles. The van der Waals surface area contributed by atoms with Crippen molar-refractivity contribution in [2.75, 3.05) is 0 Å². The molecular weight excluding hydrogens is 526 g/mol. The Kier molecular flexibility index (Phi) is 5.93. The van der Waals surface area contributed by atoms with Crippen LogP contribution in [0.15, 0.2) is 24.3 Å². The summed E-state index contributed by atoms with van der Waals surface area (Å²) in [4.78, 5) is 57.4. The van der Waals surface area contributed by atoms with Crippen LogP contribution in [0.5, 0.6) is 0 Å². The highest BCUT2D eigenvalue weighted by molar-refractivity contribution is 5.74. The van der Waals surface area contributed by atoms with Crippen molar-refractivity contribution in [2.45, 2.75) is 75.7 Å². The quantitative estimate of drug-likeness (QED) is 0.362. The van der Waals surface area contributed by atoms with E-state index < -0.39 is 36.1 Å². The molecule has 2 atom stereocenters. The smallest absolute Gasteiger partial charge is 0.279 e. The number of amides is 1. The van der Waals surface area contributed by atoms with Crippen LogP contribution in [0.4, 0.5) is 22.7 Å². The van der Waals surface area contributed by atoms with Gasteiger partial charge >= 0.3 is 0 Å². The highest BCUT2D eigenvalue weighted by Gasteiger charge is 2.65. The second-order valence-corrected chi connectivity index (χ2v) is 11.8. The van der Waals surface area contributed by atoms with Crippen LogP contribution in [-0.4, -0.2) is 31.1 Å². The summed E-state index contributed by atoms with van der Waals surface area (Å²) >= 11 is 0. The Morgan fingerprint density at radius 3 is 1.35 bits per heavy atom. The van der Waals surface area contributed by atoms with Gasteiger partial charge in [0, 0.05) is 36.7 Å². The summed E-state index contributed by atoms with van der Waals surface area (Å²) in [6.07, 6.45) is 2.73. The largest absolute Gasteiger partial charge is 0.351 e. The van der Waals surface area contributed by atoms with Crippen LogP contribution < -0.4 is 5.32 Å². The van der Waals surface area contributed by atoms with Gasteiger partial charge in [-0.3, -0.25) is 45.3 Å².